The minimum atomic E-state index is 1.13. The van der Waals surface area contributed by atoms with E-state index in [1.54, 1.807) is 0 Å². The summed E-state index contributed by atoms with van der Waals surface area (Å²) in [4.78, 5) is 2.41. The maximum atomic E-state index is 2.44. The Morgan fingerprint density at radius 2 is 1.17 bits per heavy atom. The van der Waals surface area contributed by atoms with Crippen LogP contribution in [0.1, 0.15) is 11.1 Å². The molecule has 3 heteroatoms. The summed E-state index contributed by atoms with van der Waals surface area (Å²) in [5.74, 6) is 0. The monoisotopic (exact) mass is 620 g/mol. The van der Waals surface area contributed by atoms with Gasteiger partial charge in [0.15, 0.2) is 0 Å². The highest BCUT2D eigenvalue weighted by Gasteiger charge is 2.21. The quantitative estimate of drug-likeness (QED) is 0.186. The van der Waals surface area contributed by atoms with Crippen molar-refractivity contribution in [1.29, 1.82) is 0 Å². The lowest BCUT2D eigenvalue weighted by Crippen LogP contribution is -2.10. The molecule has 0 saturated heterocycles. The molecule has 0 bridgehead atoms. The molecule has 0 fully saturated rings. The van der Waals surface area contributed by atoms with Gasteiger partial charge < -0.3 is 9.47 Å². The Hall–Kier alpha value is -5.64. The van der Waals surface area contributed by atoms with Crippen molar-refractivity contribution < 1.29 is 0 Å². The van der Waals surface area contributed by atoms with Crippen LogP contribution in [-0.2, 0) is 0 Å². The summed E-state index contributed by atoms with van der Waals surface area (Å²) in [6, 6.07) is 57.7. The Labute approximate surface area is 278 Å². The molecule has 0 N–H and O–H groups in total. The summed E-state index contributed by atoms with van der Waals surface area (Å²) in [6.07, 6.45) is 0. The fourth-order valence-electron chi connectivity index (χ4n) is 7.13. The Morgan fingerprint density at radius 1 is 0.511 bits per heavy atom. The van der Waals surface area contributed by atoms with Crippen molar-refractivity contribution in [2.45, 2.75) is 13.8 Å². The normalized spacial score (nSPS) is 11.6. The molecule has 0 saturated carbocycles. The zero-order valence-corrected chi connectivity index (χ0v) is 27.1. The molecule has 0 radical (unpaired) electrons. The number of anilines is 3. The summed E-state index contributed by atoms with van der Waals surface area (Å²) in [7, 11) is 0. The van der Waals surface area contributed by atoms with Crippen LogP contribution < -0.4 is 4.90 Å². The second kappa shape index (κ2) is 11.0. The number of benzene rings is 7. The summed E-state index contributed by atoms with van der Waals surface area (Å²) < 4.78 is 5.08. The van der Waals surface area contributed by atoms with Crippen molar-refractivity contribution in [2.24, 2.45) is 0 Å². The summed E-state index contributed by atoms with van der Waals surface area (Å²) >= 11 is 1.86. The lowest BCUT2D eigenvalue weighted by molar-refractivity contribution is 1.18. The molecule has 0 aliphatic carbocycles. The molecular formula is C44H32N2S. The Morgan fingerprint density at radius 3 is 1.98 bits per heavy atom. The van der Waals surface area contributed by atoms with Gasteiger partial charge in [0, 0.05) is 48.0 Å². The van der Waals surface area contributed by atoms with Crippen LogP contribution in [0.4, 0.5) is 17.1 Å². The molecule has 0 amide bonds. The fourth-order valence-corrected chi connectivity index (χ4v) is 8.21. The summed E-state index contributed by atoms with van der Waals surface area (Å²) in [5, 5.41) is 5.10. The van der Waals surface area contributed by atoms with Gasteiger partial charge in [-0.25, -0.2) is 0 Å². The number of thiophene rings is 1. The number of aromatic nitrogens is 1. The van der Waals surface area contributed by atoms with Gasteiger partial charge in [0.05, 0.1) is 16.7 Å². The van der Waals surface area contributed by atoms with Gasteiger partial charge in [-0.05, 0) is 97.3 Å². The number of hydrogen-bond donors (Lipinski definition) is 0. The molecule has 0 unspecified atom stereocenters. The molecule has 2 aromatic heterocycles. The van der Waals surface area contributed by atoms with E-state index in [-0.39, 0.29) is 0 Å². The van der Waals surface area contributed by atoms with Gasteiger partial charge in [0.25, 0.3) is 0 Å². The van der Waals surface area contributed by atoms with E-state index in [1.165, 1.54) is 69.9 Å². The van der Waals surface area contributed by atoms with Crippen molar-refractivity contribution in [2.75, 3.05) is 4.90 Å². The lowest BCUT2D eigenvalue weighted by atomic mass is 10.00. The molecule has 7 aromatic carbocycles. The highest BCUT2D eigenvalue weighted by Crippen LogP contribution is 2.45. The van der Waals surface area contributed by atoms with E-state index in [2.05, 4.69) is 181 Å². The predicted molar refractivity (Wildman–Crippen MR) is 203 cm³/mol. The number of rotatable bonds is 5. The van der Waals surface area contributed by atoms with Crippen LogP contribution in [-0.4, -0.2) is 4.57 Å². The van der Waals surface area contributed by atoms with Gasteiger partial charge in [-0.3, -0.25) is 0 Å². The Bertz CT molecular complexity index is 2590. The van der Waals surface area contributed by atoms with E-state index in [0.717, 1.165) is 17.1 Å². The van der Waals surface area contributed by atoms with E-state index in [0.29, 0.717) is 0 Å². The third kappa shape index (κ3) is 4.54. The molecule has 0 aliphatic heterocycles. The van der Waals surface area contributed by atoms with E-state index in [1.807, 2.05) is 11.3 Å². The van der Waals surface area contributed by atoms with Gasteiger partial charge in [-0.2, -0.15) is 0 Å². The molecule has 47 heavy (non-hydrogen) atoms. The van der Waals surface area contributed by atoms with E-state index < -0.39 is 0 Å². The summed E-state index contributed by atoms with van der Waals surface area (Å²) in [6.45, 7) is 4.32. The van der Waals surface area contributed by atoms with Crippen LogP contribution in [0, 0.1) is 13.8 Å². The van der Waals surface area contributed by atoms with Crippen LogP contribution in [0.3, 0.4) is 0 Å². The first-order valence-corrected chi connectivity index (χ1v) is 16.9. The van der Waals surface area contributed by atoms with Gasteiger partial charge in [-0.15, -0.1) is 11.3 Å². The number of fused-ring (bicyclic) bond motifs is 6. The van der Waals surface area contributed by atoms with E-state index in [9.17, 15) is 0 Å². The molecule has 9 rings (SSSR count). The SMILES string of the molecule is Cc1ccc(N(c2ccc(-c3ccccc3C)cc2)c2cccc3c2c2ccccc2n3-c2ccc3sc4ccccc4c3c2)cc1. The zero-order chi connectivity index (χ0) is 31.5. The van der Waals surface area contributed by atoms with Gasteiger partial charge >= 0.3 is 0 Å². The minimum absolute atomic E-state index is 1.13. The van der Waals surface area contributed by atoms with Crippen LogP contribution >= 0.6 is 11.3 Å². The highest BCUT2D eigenvalue weighted by molar-refractivity contribution is 7.25. The summed E-state index contributed by atoms with van der Waals surface area (Å²) in [5.41, 5.74) is 12.0. The fraction of sp³-hybridized carbons (Fsp3) is 0.0455. The standard InChI is InChI=1S/C44H32N2S/c1-29-18-22-32(23-19-29)45(33-24-20-31(21-25-33)35-11-4-3-10-30(35)2)40-15-9-16-41-44(40)37-13-5-7-14-39(37)46(41)34-26-27-43-38(28-34)36-12-6-8-17-42(36)47-43/h3-28H,1-2H3. The van der Waals surface area contributed by atoms with Gasteiger partial charge in [0.2, 0.25) is 0 Å². The molecule has 2 nitrogen and oxygen atoms in total. The first-order chi connectivity index (χ1) is 23.1. The second-order valence-electron chi connectivity index (χ2n) is 12.3. The van der Waals surface area contributed by atoms with Crippen molar-refractivity contribution >= 4 is 70.4 Å². The first-order valence-electron chi connectivity index (χ1n) is 16.1. The third-order valence-corrected chi connectivity index (χ3v) is 10.6. The van der Waals surface area contributed by atoms with Crippen LogP contribution in [0.2, 0.25) is 0 Å². The van der Waals surface area contributed by atoms with Gasteiger partial charge in [0.1, 0.15) is 0 Å². The lowest BCUT2D eigenvalue weighted by Gasteiger charge is -2.27. The number of nitrogens with zero attached hydrogens (tertiary/aromatic N) is 2. The Balaban J connectivity index is 1.28. The minimum Gasteiger partial charge on any atom is -0.310 e. The topological polar surface area (TPSA) is 8.17 Å². The molecule has 2 heterocycles. The molecule has 224 valence electrons. The highest BCUT2D eigenvalue weighted by atomic mass is 32.1. The molecule has 9 aromatic rings. The first kappa shape index (κ1) is 27.7. The van der Waals surface area contributed by atoms with Crippen LogP contribution in [0.25, 0.3) is 58.8 Å². The van der Waals surface area contributed by atoms with Crippen molar-refractivity contribution in [3.8, 4) is 16.8 Å². The predicted octanol–water partition coefficient (Wildman–Crippen LogP) is 12.9. The largest absolute Gasteiger partial charge is 0.310 e. The molecular weight excluding hydrogens is 589 g/mol. The van der Waals surface area contributed by atoms with Gasteiger partial charge in [-0.1, -0.05) is 96.6 Å². The molecule has 0 spiro atoms. The van der Waals surface area contributed by atoms with E-state index >= 15 is 0 Å². The number of para-hydroxylation sites is 1. The van der Waals surface area contributed by atoms with Crippen molar-refractivity contribution in [3.05, 3.63) is 169 Å². The zero-order valence-electron chi connectivity index (χ0n) is 26.3. The molecule has 0 atom stereocenters. The van der Waals surface area contributed by atoms with Crippen LogP contribution in [0.15, 0.2) is 158 Å². The maximum Gasteiger partial charge on any atom is 0.0562 e. The number of hydrogen-bond acceptors (Lipinski definition) is 2. The van der Waals surface area contributed by atoms with Crippen molar-refractivity contribution in [1.82, 2.24) is 4.57 Å². The third-order valence-electron chi connectivity index (χ3n) is 9.41. The Kier molecular flexibility index (Phi) is 6.48. The average molecular weight is 621 g/mol. The van der Waals surface area contributed by atoms with E-state index in [4.69, 9.17) is 0 Å². The van der Waals surface area contributed by atoms with Crippen molar-refractivity contribution in [3.63, 3.8) is 0 Å². The van der Waals surface area contributed by atoms with Crippen LogP contribution in [0.5, 0.6) is 0 Å². The molecule has 0 aliphatic rings. The maximum absolute atomic E-state index is 2.44. The number of aryl methyl sites for hydroxylation is 2. The average Bonchev–Trinajstić information content (AvgIpc) is 3.66. The smallest absolute Gasteiger partial charge is 0.0562 e. The second-order valence-corrected chi connectivity index (χ2v) is 13.4.